The minimum Gasteiger partial charge on any atom is -0.449 e. The van der Waals surface area contributed by atoms with Gasteiger partial charge in [-0.3, -0.25) is 4.79 Å². The molecule has 0 heterocycles. The highest BCUT2D eigenvalue weighted by Crippen LogP contribution is 2.23. The molecule has 0 radical (unpaired) electrons. The highest BCUT2D eigenvalue weighted by atomic mass is 32.2. The molecule has 0 unspecified atom stereocenters. The summed E-state index contributed by atoms with van der Waals surface area (Å²) in [5.74, 6) is -0.586. The van der Waals surface area contributed by atoms with Crippen molar-refractivity contribution in [2.75, 3.05) is 13.6 Å². The summed E-state index contributed by atoms with van der Waals surface area (Å²) in [5.41, 5.74) is 0.0927. The van der Waals surface area contributed by atoms with E-state index >= 15 is 0 Å². The summed E-state index contributed by atoms with van der Waals surface area (Å²) in [6.45, 7) is 5.64. The molecule has 0 spiro atoms. The van der Waals surface area contributed by atoms with Gasteiger partial charge in [0.25, 0.3) is 5.91 Å². The van der Waals surface area contributed by atoms with Gasteiger partial charge in [0.15, 0.2) is 6.10 Å². The van der Waals surface area contributed by atoms with Crippen LogP contribution < -0.4 is 5.32 Å². The van der Waals surface area contributed by atoms with Gasteiger partial charge < -0.3 is 10.1 Å². The quantitative estimate of drug-likeness (QED) is 0.648. The van der Waals surface area contributed by atoms with Gasteiger partial charge in [-0.1, -0.05) is 25.3 Å². The lowest BCUT2D eigenvalue weighted by Crippen LogP contribution is -2.38. The number of rotatable bonds is 8. The van der Waals surface area contributed by atoms with Crippen molar-refractivity contribution in [1.29, 1.82) is 0 Å². The van der Waals surface area contributed by atoms with Crippen molar-refractivity contribution < 1.29 is 22.7 Å². The lowest BCUT2D eigenvalue weighted by atomic mass is 9.89. The number of carbonyl (C=O) groups excluding carboxylic acids is 2. The van der Waals surface area contributed by atoms with E-state index in [9.17, 15) is 18.0 Å². The Balaban J connectivity index is 1.98. The van der Waals surface area contributed by atoms with Crippen molar-refractivity contribution in [3.63, 3.8) is 0 Å². The first-order valence-corrected chi connectivity index (χ1v) is 11.6. The second-order valence-electron chi connectivity index (χ2n) is 7.94. The van der Waals surface area contributed by atoms with Gasteiger partial charge in [0.1, 0.15) is 0 Å². The van der Waals surface area contributed by atoms with E-state index in [1.807, 2.05) is 0 Å². The molecule has 29 heavy (non-hydrogen) atoms. The highest BCUT2D eigenvalue weighted by molar-refractivity contribution is 7.89. The number of nitrogens with zero attached hydrogens (tertiary/aromatic N) is 1. The summed E-state index contributed by atoms with van der Waals surface area (Å²) in [6.07, 6.45) is 4.90. The SMILES string of the molecule is CC(C)N(C)S(=O)(=O)c1cccc(C(=O)O[C@H](C)C(=O)NCC2CCCCC2)c1. The summed E-state index contributed by atoms with van der Waals surface area (Å²) in [6, 6.07) is 5.46. The topological polar surface area (TPSA) is 92.8 Å². The molecule has 1 amide bonds. The Bertz CT molecular complexity index is 816. The maximum Gasteiger partial charge on any atom is 0.338 e. The summed E-state index contributed by atoms with van der Waals surface area (Å²) in [5, 5.41) is 2.85. The van der Waals surface area contributed by atoms with Gasteiger partial charge in [-0.25, -0.2) is 13.2 Å². The molecule has 2 rings (SSSR count). The monoisotopic (exact) mass is 424 g/mol. The van der Waals surface area contributed by atoms with Crippen LogP contribution in [0.15, 0.2) is 29.2 Å². The van der Waals surface area contributed by atoms with E-state index in [2.05, 4.69) is 5.32 Å². The number of esters is 1. The number of nitrogens with one attached hydrogen (secondary N) is 1. The maximum absolute atomic E-state index is 12.6. The van der Waals surface area contributed by atoms with E-state index in [-0.39, 0.29) is 22.4 Å². The number of hydrogen-bond acceptors (Lipinski definition) is 5. The average molecular weight is 425 g/mol. The van der Waals surface area contributed by atoms with Crippen LogP contribution in [0.5, 0.6) is 0 Å². The summed E-state index contributed by atoms with van der Waals surface area (Å²) >= 11 is 0. The summed E-state index contributed by atoms with van der Waals surface area (Å²) < 4.78 is 31.7. The molecule has 0 aliphatic heterocycles. The van der Waals surface area contributed by atoms with E-state index in [0.717, 1.165) is 12.8 Å². The molecule has 1 saturated carbocycles. The zero-order chi connectivity index (χ0) is 21.6. The van der Waals surface area contributed by atoms with Crippen LogP contribution in [0.2, 0.25) is 0 Å². The van der Waals surface area contributed by atoms with Crippen molar-refractivity contribution in [2.24, 2.45) is 5.92 Å². The Hall–Kier alpha value is -1.93. The smallest absolute Gasteiger partial charge is 0.338 e. The van der Waals surface area contributed by atoms with E-state index in [0.29, 0.717) is 12.5 Å². The number of sulfonamides is 1. The van der Waals surface area contributed by atoms with Crippen LogP contribution in [-0.4, -0.2) is 50.3 Å². The number of hydrogen-bond donors (Lipinski definition) is 1. The zero-order valence-corrected chi connectivity index (χ0v) is 18.5. The standard InChI is InChI=1S/C21H32N2O5S/c1-15(2)23(4)29(26,27)19-12-8-11-18(13-19)21(25)28-16(3)20(24)22-14-17-9-6-5-7-10-17/h8,11-13,15-17H,5-7,9-10,14H2,1-4H3,(H,22,24)/t16-/m1/s1. The van der Waals surface area contributed by atoms with Crippen molar-refractivity contribution in [3.05, 3.63) is 29.8 Å². The van der Waals surface area contributed by atoms with Crippen molar-refractivity contribution >= 4 is 21.9 Å². The number of benzene rings is 1. The van der Waals surface area contributed by atoms with E-state index in [4.69, 9.17) is 4.74 Å². The Morgan fingerprint density at radius 3 is 2.45 bits per heavy atom. The molecular weight excluding hydrogens is 392 g/mol. The Kier molecular flexibility index (Phi) is 8.22. The largest absolute Gasteiger partial charge is 0.449 e. The van der Waals surface area contributed by atoms with Gasteiger partial charge >= 0.3 is 5.97 Å². The summed E-state index contributed by atoms with van der Waals surface area (Å²) in [7, 11) is -2.22. The minimum atomic E-state index is -3.71. The molecule has 162 valence electrons. The molecule has 0 aromatic heterocycles. The predicted molar refractivity (Wildman–Crippen MR) is 111 cm³/mol. The number of amides is 1. The Morgan fingerprint density at radius 1 is 1.17 bits per heavy atom. The van der Waals surface area contributed by atoms with Crippen LogP contribution in [-0.2, 0) is 19.6 Å². The van der Waals surface area contributed by atoms with Gasteiger partial charge in [0.2, 0.25) is 10.0 Å². The fourth-order valence-electron chi connectivity index (χ4n) is 3.29. The highest BCUT2D eigenvalue weighted by Gasteiger charge is 2.25. The molecule has 0 bridgehead atoms. The van der Waals surface area contributed by atoms with E-state index in [1.165, 1.54) is 61.8 Å². The van der Waals surface area contributed by atoms with Crippen molar-refractivity contribution in [2.45, 2.75) is 69.9 Å². The molecule has 8 heteroatoms. The second kappa shape index (κ2) is 10.2. The van der Waals surface area contributed by atoms with Gasteiger partial charge in [-0.15, -0.1) is 0 Å². The Labute approximate surface area is 173 Å². The third kappa shape index (κ3) is 6.27. The predicted octanol–water partition coefficient (Wildman–Crippen LogP) is 2.96. The molecule has 0 saturated heterocycles. The van der Waals surface area contributed by atoms with Crippen molar-refractivity contribution in [3.8, 4) is 0 Å². The minimum absolute atomic E-state index is 0.0116. The normalized spacial score (nSPS) is 16.6. The molecule has 1 aromatic rings. The van der Waals surface area contributed by atoms with Crippen LogP contribution in [0.1, 0.15) is 63.2 Å². The molecular formula is C21H32N2O5S. The fraction of sp³-hybridized carbons (Fsp3) is 0.619. The first-order valence-electron chi connectivity index (χ1n) is 10.2. The molecule has 1 N–H and O–H groups in total. The van der Waals surface area contributed by atoms with Gasteiger partial charge in [0, 0.05) is 19.6 Å². The second-order valence-corrected chi connectivity index (χ2v) is 9.94. The lowest BCUT2D eigenvalue weighted by Gasteiger charge is -2.23. The third-order valence-corrected chi connectivity index (χ3v) is 7.45. The molecule has 1 aliphatic rings. The third-order valence-electron chi connectivity index (χ3n) is 5.42. The number of ether oxygens (including phenoxy) is 1. The van der Waals surface area contributed by atoms with Crippen LogP contribution in [0, 0.1) is 5.92 Å². The molecule has 7 nitrogen and oxygen atoms in total. The van der Waals surface area contributed by atoms with Gasteiger partial charge in [-0.05, 0) is 57.7 Å². The van der Waals surface area contributed by atoms with Crippen LogP contribution in [0.4, 0.5) is 0 Å². The molecule has 1 aliphatic carbocycles. The summed E-state index contributed by atoms with van der Waals surface area (Å²) in [4.78, 5) is 24.7. The van der Waals surface area contributed by atoms with E-state index < -0.39 is 22.1 Å². The van der Waals surface area contributed by atoms with E-state index in [1.54, 1.807) is 13.8 Å². The molecule has 1 aromatic carbocycles. The first-order chi connectivity index (χ1) is 13.6. The molecule has 1 atom stereocenters. The molecule has 1 fully saturated rings. The Morgan fingerprint density at radius 2 is 1.83 bits per heavy atom. The average Bonchev–Trinajstić information content (AvgIpc) is 2.71. The maximum atomic E-state index is 12.6. The van der Waals surface area contributed by atoms with Crippen LogP contribution in [0.25, 0.3) is 0 Å². The van der Waals surface area contributed by atoms with Gasteiger partial charge in [0.05, 0.1) is 10.5 Å². The number of carbonyl (C=O) groups is 2. The van der Waals surface area contributed by atoms with Gasteiger partial charge in [-0.2, -0.15) is 4.31 Å². The van der Waals surface area contributed by atoms with Crippen LogP contribution in [0.3, 0.4) is 0 Å². The first kappa shape index (κ1) is 23.3. The van der Waals surface area contributed by atoms with Crippen LogP contribution >= 0.6 is 0 Å². The zero-order valence-electron chi connectivity index (χ0n) is 17.7. The fourth-order valence-corrected chi connectivity index (χ4v) is 4.70. The lowest BCUT2D eigenvalue weighted by molar-refractivity contribution is -0.129. The van der Waals surface area contributed by atoms with Crippen molar-refractivity contribution in [1.82, 2.24) is 9.62 Å².